The fourth-order valence-electron chi connectivity index (χ4n) is 2.04. The number of pyridine rings is 1. The molecule has 5 nitrogen and oxygen atoms in total. The number of ether oxygens (including phenoxy) is 1. The van der Waals surface area contributed by atoms with Crippen LogP contribution in [0.3, 0.4) is 0 Å². The Morgan fingerprint density at radius 2 is 2.14 bits per heavy atom. The van der Waals surface area contributed by atoms with Gasteiger partial charge in [0, 0.05) is 13.2 Å². The first-order chi connectivity index (χ1) is 10.1. The van der Waals surface area contributed by atoms with E-state index in [1.165, 1.54) is 0 Å². The second-order valence-corrected chi connectivity index (χ2v) is 4.67. The summed E-state index contributed by atoms with van der Waals surface area (Å²) in [5.74, 6) is -0.343. The van der Waals surface area contributed by atoms with Crippen molar-refractivity contribution >= 4 is 17.3 Å². The third kappa shape index (κ3) is 3.72. The molecule has 0 unspecified atom stereocenters. The molecule has 0 spiro atoms. The smallest absolute Gasteiger partial charge is 0.338 e. The number of rotatable bonds is 5. The molecule has 1 aromatic heterocycles. The maximum Gasteiger partial charge on any atom is 0.338 e. The van der Waals surface area contributed by atoms with E-state index in [4.69, 9.17) is 10.5 Å². The van der Waals surface area contributed by atoms with Gasteiger partial charge in [0.2, 0.25) is 0 Å². The highest BCUT2D eigenvalue weighted by molar-refractivity contribution is 5.92. The largest absolute Gasteiger partial charge is 0.462 e. The summed E-state index contributed by atoms with van der Waals surface area (Å²) < 4.78 is 5.01. The molecule has 0 saturated heterocycles. The second kappa shape index (κ2) is 6.74. The highest BCUT2D eigenvalue weighted by Crippen LogP contribution is 2.25. The van der Waals surface area contributed by atoms with E-state index in [1.807, 2.05) is 30.1 Å². The van der Waals surface area contributed by atoms with Crippen molar-refractivity contribution < 1.29 is 9.53 Å². The Bertz CT molecular complexity index is 614. The predicted molar refractivity (Wildman–Crippen MR) is 83.2 cm³/mol. The van der Waals surface area contributed by atoms with Crippen molar-refractivity contribution in [2.24, 2.45) is 0 Å². The van der Waals surface area contributed by atoms with Crippen molar-refractivity contribution in [3.8, 4) is 0 Å². The molecule has 0 bridgehead atoms. The Balaban J connectivity index is 2.21. The lowest BCUT2D eigenvalue weighted by atomic mass is 10.1. The molecule has 0 fully saturated rings. The van der Waals surface area contributed by atoms with Gasteiger partial charge in [0.25, 0.3) is 0 Å². The van der Waals surface area contributed by atoms with Crippen LogP contribution in [0.1, 0.15) is 23.0 Å². The zero-order valence-corrected chi connectivity index (χ0v) is 12.2. The summed E-state index contributed by atoms with van der Waals surface area (Å²) >= 11 is 0. The minimum atomic E-state index is -0.343. The predicted octanol–water partition coefficient (Wildman–Crippen LogP) is 2.48. The number of carbonyl (C=O) groups is 1. The molecule has 21 heavy (non-hydrogen) atoms. The third-order valence-electron chi connectivity index (χ3n) is 3.08. The van der Waals surface area contributed by atoms with Crippen LogP contribution in [0, 0.1) is 0 Å². The fraction of sp³-hybridized carbons (Fsp3) is 0.250. The van der Waals surface area contributed by atoms with Crippen molar-refractivity contribution in [1.82, 2.24) is 4.98 Å². The number of benzene rings is 1. The van der Waals surface area contributed by atoms with Crippen LogP contribution in [0.25, 0.3) is 0 Å². The average Bonchev–Trinajstić information content (AvgIpc) is 2.48. The first-order valence-electron chi connectivity index (χ1n) is 6.79. The molecule has 0 saturated carbocycles. The van der Waals surface area contributed by atoms with E-state index in [0.717, 1.165) is 11.4 Å². The number of hydrogen-bond acceptors (Lipinski definition) is 5. The number of nitrogens with two attached hydrogens (primary N) is 1. The average molecular weight is 285 g/mol. The Hall–Kier alpha value is -2.56. The molecule has 0 amide bonds. The number of nitrogens with zero attached hydrogens (tertiary/aromatic N) is 2. The van der Waals surface area contributed by atoms with Crippen LogP contribution >= 0.6 is 0 Å². The summed E-state index contributed by atoms with van der Waals surface area (Å²) in [6, 6.07) is 10.9. The lowest BCUT2D eigenvalue weighted by Crippen LogP contribution is -2.19. The fourth-order valence-corrected chi connectivity index (χ4v) is 2.04. The Labute approximate surface area is 124 Å². The number of aromatic nitrogens is 1. The maximum atomic E-state index is 11.8. The van der Waals surface area contributed by atoms with Gasteiger partial charge < -0.3 is 15.4 Å². The Kier molecular flexibility index (Phi) is 4.77. The van der Waals surface area contributed by atoms with Crippen LogP contribution in [0.2, 0.25) is 0 Å². The van der Waals surface area contributed by atoms with E-state index in [9.17, 15) is 4.79 Å². The van der Waals surface area contributed by atoms with Crippen molar-refractivity contribution in [2.45, 2.75) is 13.5 Å². The lowest BCUT2D eigenvalue weighted by Gasteiger charge is -2.21. The first kappa shape index (κ1) is 14.8. The topological polar surface area (TPSA) is 68.5 Å². The van der Waals surface area contributed by atoms with E-state index >= 15 is 0 Å². The van der Waals surface area contributed by atoms with E-state index in [1.54, 1.807) is 31.3 Å². The van der Waals surface area contributed by atoms with Crippen LogP contribution in [-0.2, 0) is 11.3 Å². The van der Waals surface area contributed by atoms with Gasteiger partial charge in [0.1, 0.15) is 0 Å². The molecule has 2 aromatic rings. The normalized spacial score (nSPS) is 10.2. The molecular formula is C16H19N3O2. The summed E-state index contributed by atoms with van der Waals surface area (Å²) in [6.07, 6.45) is 1.75. The van der Waals surface area contributed by atoms with Gasteiger partial charge in [-0.25, -0.2) is 4.79 Å². The number of anilines is 2. The van der Waals surface area contributed by atoms with Crippen molar-refractivity contribution in [1.29, 1.82) is 0 Å². The molecule has 0 aliphatic rings. The Morgan fingerprint density at radius 3 is 2.81 bits per heavy atom. The lowest BCUT2D eigenvalue weighted by molar-refractivity contribution is 0.0526. The molecular weight excluding hydrogens is 266 g/mol. The molecule has 110 valence electrons. The van der Waals surface area contributed by atoms with Gasteiger partial charge in [0.15, 0.2) is 0 Å². The van der Waals surface area contributed by atoms with E-state index in [2.05, 4.69) is 4.98 Å². The zero-order chi connectivity index (χ0) is 15.2. The van der Waals surface area contributed by atoms with E-state index in [0.29, 0.717) is 24.4 Å². The molecule has 1 aromatic carbocycles. The van der Waals surface area contributed by atoms with Crippen LogP contribution in [0.4, 0.5) is 11.4 Å². The molecule has 1 heterocycles. The maximum absolute atomic E-state index is 11.8. The van der Waals surface area contributed by atoms with Gasteiger partial charge in [-0.2, -0.15) is 0 Å². The summed E-state index contributed by atoms with van der Waals surface area (Å²) in [4.78, 5) is 18.0. The minimum Gasteiger partial charge on any atom is -0.462 e. The summed E-state index contributed by atoms with van der Waals surface area (Å²) in [5.41, 5.74) is 8.83. The van der Waals surface area contributed by atoms with Crippen LogP contribution in [0.15, 0.2) is 42.6 Å². The van der Waals surface area contributed by atoms with Crippen LogP contribution < -0.4 is 10.6 Å². The third-order valence-corrected chi connectivity index (χ3v) is 3.08. The highest BCUT2D eigenvalue weighted by atomic mass is 16.5. The van der Waals surface area contributed by atoms with Crippen LogP contribution in [0.5, 0.6) is 0 Å². The van der Waals surface area contributed by atoms with Gasteiger partial charge in [-0.1, -0.05) is 6.07 Å². The zero-order valence-electron chi connectivity index (χ0n) is 12.2. The first-order valence-corrected chi connectivity index (χ1v) is 6.79. The molecule has 2 N–H and O–H groups in total. The van der Waals surface area contributed by atoms with Crippen molar-refractivity contribution in [2.75, 3.05) is 24.3 Å². The Morgan fingerprint density at radius 1 is 1.33 bits per heavy atom. The second-order valence-electron chi connectivity index (χ2n) is 4.67. The number of carbonyl (C=O) groups excluding carboxylic acids is 1. The summed E-state index contributed by atoms with van der Waals surface area (Å²) in [5, 5.41) is 0. The van der Waals surface area contributed by atoms with Crippen molar-refractivity contribution in [3.63, 3.8) is 0 Å². The number of nitrogen functional groups attached to an aromatic ring is 1. The summed E-state index contributed by atoms with van der Waals surface area (Å²) in [7, 11) is 1.91. The summed E-state index contributed by atoms with van der Waals surface area (Å²) in [6.45, 7) is 2.74. The molecule has 0 aliphatic carbocycles. The molecule has 0 atom stereocenters. The molecule has 0 aliphatic heterocycles. The molecule has 0 radical (unpaired) electrons. The van der Waals surface area contributed by atoms with Gasteiger partial charge in [-0.15, -0.1) is 0 Å². The van der Waals surface area contributed by atoms with Gasteiger partial charge in [0.05, 0.1) is 35.8 Å². The monoisotopic (exact) mass is 285 g/mol. The highest BCUT2D eigenvalue weighted by Gasteiger charge is 2.12. The number of hydrogen-bond donors (Lipinski definition) is 1. The van der Waals surface area contributed by atoms with Gasteiger partial charge in [-0.05, 0) is 37.3 Å². The minimum absolute atomic E-state index is 0.343. The van der Waals surface area contributed by atoms with Crippen molar-refractivity contribution in [3.05, 3.63) is 53.9 Å². The molecule has 2 rings (SSSR count). The number of esters is 1. The van der Waals surface area contributed by atoms with Gasteiger partial charge in [-0.3, -0.25) is 4.98 Å². The SMILES string of the molecule is CCOC(=O)c1ccc(N)c(N(C)Cc2ccccn2)c1. The van der Waals surface area contributed by atoms with Crippen LogP contribution in [-0.4, -0.2) is 24.6 Å². The van der Waals surface area contributed by atoms with E-state index < -0.39 is 0 Å². The van der Waals surface area contributed by atoms with E-state index in [-0.39, 0.29) is 5.97 Å². The quantitative estimate of drug-likeness (QED) is 0.675. The van der Waals surface area contributed by atoms with Gasteiger partial charge >= 0.3 is 5.97 Å². The standard InChI is InChI=1S/C16H19N3O2/c1-3-21-16(20)12-7-8-14(17)15(10-12)19(2)11-13-6-4-5-9-18-13/h4-10H,3,11,17H2,1-2H3. The molecule has 5 heteroatoms.